The largest absolute Gasteiger partial charge is 0.318 e. The zero-order valence-electron chi connectivity index (χ0n) is 10.3. The molecule has 2 heteroatoms. The highest BCUT2D eigenvalue weighted by Crippen LogP contribution is 2.28. The van der Waals surface area contributed by atoms with Crippen LogP contribution < -0.4 is 5.32 Å². The summed E-state index contributed by atoms with van der Waals surface area (Å²) in [6.07, 6.45) is 2.68. The summed E-state index contributed by atoms with van der Waals surface area (Å²) in [5.74, 6) is 0. The van der Waals surface area contributed by atoms with E-state index in [2.05, 4.69) is 47.5 Å². The van der Waals surface area contributed by atoms with Gasteiger partial charge in [0.05, 0.1) is 0 Å². The SMILES string of the molecule is CNCC(c1ccccc1)N1CCCC1C. The van der Waals surface area contributed by atoms with Gasteiger partial charge in [0.2, 0.25) is 0 Å². The zero-order valence-corrected chi connectivity index (χ0v) is 10.3. The number of likely N-dealkylation sites (N-methyl/N-ethyl adjacent to an activating group) is 1. The van der Waals surface area contributed by atoms with Crippen molar-refractivity contribution in [1.82, 2.24) is 10.2 Å². The molecule has 1 N–H and O–H groups in total. The zero-order chi connectivity index (χ0) is 11.4. The van der Waals surface area contributed by atoms with Crippen LogP contribution in [0.2, 0.25) is 0 Å². The van der Waals surface area contributed by atoms with Gasteiger partial charge in [-0.2, -0.15) is 0 Å². The van der Waals surface area contributed by atoms with Gasteiger partial charge in [-0.05, 0) is 38.9 Å². The quantitative estimate of drug-likeness (QED) is 0.835. The minimum atomic E-state index is 0.531. The first-order valence-electron chi connectivity index (χ1n) is 6.28. The third-order valence-electron chi connectivity index (χ3n) is 3.59. The number of benzene rings is 1. The van der Waals surface area contributed by atoms with E-state index in [4.69, 9.17) is 0 Å². The lowest BCUT2D eigenvalue weighted by atomic mass is 10.0. The van der Waals surface area contributed by atoms with E-state index in [1.54, 1.807) is 0 Å². The summed E-state index contributed by atoms with van der Waals surface area (Å²) < 4.78 is 0. The average Bonchev–Trinajstić information content (AvgIpc) is 2.73. The van der Waals surface area contributed by atoms with Gasteiger partial charge in [-0.3, -0.25) is 4.90 Å². The van der Waals surface area contributed by atoms with Gasteiger partial charge in [0, 0.05) is 18.6 Å². The summed E-state index contributed by atoms with van der Waals surface area (Å²) in [5.41, 5.74) is 1.44. The second-order valence-corrected chi connectivity index (χ2v) is 4.71. The minimum Gasteiger partial charge on any atom is -0.318 e. The molecule has 0 aliphatic carbocycles. The minimum absolute atomic E-state index is 0.531. The second-order valence-electron chi connectivity index (χ2n) is 4.71. The Hall–Kier alpha value is -0.860. The van der Waals surface area contributed by atoms with Crippen LogP contribution >= 0.6 is 0 Å². The van der Waals surface area contributed by atoms with Gasteiger partial charge in [-0.25, -0.2) is 0 Å². The number of nitrogens with one attached hydrogen (secondary N) is 1. The maximum atomic E-state index is 3.32. The second kappa shape index (κ2) is 5.46. The Bertz CT molecular complexity index is 310. The topological polar surface area (TPSA) is 15.3 Å². The van der Waals surface area contributed by atoms with Crippen LogP contribution in [0.3, 0.4) is 0 Å². The molecule has 2 atom stereocenters. The van der Waals surface area contributed by atoms with Gasteiger partial charge in [-0.1, -0.05) is 30.3 Å². The molecule has 1 fully saturated rings. The number of hydrogen-bond acceptors (Lipinski definition) is 2. The molecule has 16 heavy (non-hydrogen) atoms. The van der Waals surface area contributed by atoms with Crippen LogP contribution in [-0.2, 0) is 0 Å². The van der Waals surface area contributed by atoms with E-state index >= 15 is 0 Å². The van der Waals surface area contributed by atoms with E-state index in [0.29, 0.717) is 6.04 Å². The first-order chi connectivity index (χ1) is 7.83. The number of nitrogens with zero attached hydrogens (tertiary/aromatic N) is 1. The van der Waals surface area contributed by atoms with E-state index in [1.165, 1.54) is 24.9 Å². The maximum Gasteiger partial charge on any atom is 0.0475 e. The van der Waals surface area contributed by atoms with E-state index in [9.17, 15) is 0 Å². The van der Waals surface area contributed by atoms with Crippen molar-refractivity contribution in [2.75, 3.05) is 20.1 Å². The first kappa shape index (κ1) is 11.6. The Labute approximate surface area is 98.7 Å². The molecule has 1 aromatic carbocycles. The van der Waals surface area contributed by atoms with Gasteiger partial charge in [0.15, 0.2) is 0 Å². The molecule has 1 aliphatic heterocycles. The molecule has 2 nitrogen and oxygen atoms in total. The molecule has 0 amide bonds. The Morgan fingerprint density at radius 3 is 2.69 bits per heavy atom. The first-order valence-corrected chi connectivity index (χ1v) is 6.28. The molecular weight excluding hydrogens is 196 g/mol. The summed E-state index contributed by atoms with van der Waals surface area (Å²) >= 11 is 0. The van der Waals surface area contributed by atoms with Gasteiger partial charge in [0.1, 0.15) is 0 Å². The fourth-order valence-corrected chi connectivity index (χ4v) is 2.71. The molecular formula is C14H22N2. The Morgan fingerprint density at radius 1 is 1.38 bits per heavy atom. The Morgan fingerprint density at radius 2 is 2.12 bits per heavy atom. The molecule has 1 aromatic rings. The summed E-state index contributed by atoms with van der Waals surface area (Å²) in [7, 11) is 2.04. The van der Waals surface area contributed by atoms with Gasteiger partial charge in [0.25, 0.3) is 0 Å². The molecule has 0 spiro atoms. The summed E-state index contributed by atoms with van der Waals surface area (Å²) in [6, 6.07) is 12.1. The molecule has 1 heterocycles. The summed E-state index contributed by atoms with van der Waals surface area (Å²) in [6.45, 7) is 4.62. The van der Waals surface area contributed by atoms with E-state index in [0.717, 1.165) is 12.6 Å². The van der Waals surface area contributed by atoms with E-state index in [-0.39, 0.29) is 0 Å². The van der Waals surface area contributed by atoms with Crippen LogP contribution in [0.25, 0.3) is 0 Å². The van der Waals surface area contributed by atoms with Crippen molar-refractivity contribution in [3.8, 4) is 0 Å². The van der Waals surface area contributed by atoms with Crippen molar-refractivity contribution in [2.24, 2.45) is 0 Å². The van der Waals surface area contributed by atoms with Crippen molar-refractivity contribution in [3.05, 3.63) is 35.9 Å². The fourth-order valence-electron chi connectivity index (χ4n) is 2.71. The monoisotopic (exact) mass is 218 g/mol. The fraction of sp³-hybridized carbons (Fsp3) is 0.571. The molecule has 88 valence electrons. The van der Waals surface area contributed by atoms with Gasteiger partial charge >= 0.3 is 0 Å². The third-order valence-corrected chi connectivity index (χ3v) is 3.59. The van der Waals surface area contributed by atoms with E-state index < -0.39 is 0 Å². The van der Waals surface area contributed by atoms with Crippen LogP contribution in [0.5, 0.6) is 0 Å². The molecule has 1 saturated heterocycles. The van der Waals surface area contributed by atoms with E-state index in [1.807, 2.05) is 7.05 Å². The smallest absolute Gasteiger partial charge is 0.0475 e. The summed E-state index contributed by atoms with van der Waals surface area (Å²) in [4.78, 5) is 2.63. The third kappa shape index (κ3) is 2.45. The van der Waals surface area contributed by atoms with Crippen molar-refractivity contribution in [1.29, 1.82) is 0 Å². The standard InChI is InChI=1S/C14H22N2/c1-12-7-6-10-16(12)14(11-15-2)13-8-4-3-5-9-13/h3-5,8-9,12,14-15H,6-7,10-11H2,1-2H3. The molecule has 0 bridgehead atoms. The van der Waals surface area contributed by atoms with Crippen molar-refractivity contribution in [3.63, 3.8) is 0 Å². The molecule has 0 aromatic heterocycles. The Balaban J connectivity index is 2.16. The highest BCUT2D eigenvalue weighted by molar-refractivity contribution is 5.20. The molecule has 2 rings (SSSR count). The number of likely N-dealkylation sites (tertiary alicyclic amines) is 1. The van der Waals surface area contributed by atoms with Crippen LogP contribution in [0, 0.1) is 0 Å². The normalized spacial score (nSPS) is 23.5. The van der Waals surface area contributed by atoms with Crippen molar-refractivity contribution in [2.45, 2.75) is 31.8 Å². The predicted molar refractivity (Wildman–Crippen MR) is 68.5 cm³/mol. The van der Waals surface area contributed by atoms with Crippen molar-refractivity contribution < 1.29 is 0 Å². The molecule has 2 unspecified atom stereocenters. The summed E-state index contributed by atoms with van der Waals surface area (Å²) in [5, 5.41) is 3.32. The Kier molecular flexibility index (Phi) is 3.97. The average molecular weight is 218 g/mol. The molecule has 0 radical (unpaired) electrons. The lowest BCUT2D eigenvalue weighted by Crippen LogP contribution is -2.36. The predicted octanol–water partition coefficient (Wildman–Crippen LogP) is 2.43. The maximum absolute atomic E-state index is 3.32. The lowest BCUT2D eigenvalue weighted by Gasteiger charge is -2.31. The van der Waals surface area contributed by atoms with Crippen LogP contribution in [0.1, 0.15) is 31.4 Å². The van der Waals surface area contributed by atoms with Crippen molar-refractivity contribution >= 4 is 0 Å². The van der Waals surface area contributed by atoms with Crippen LogP contribution in [-0.4, -0.2) is 31.1 Å². The van der Waals surface area contributed by atoms with Crippen LogP contribution in [0.15, 0.2) is 30.3 Å². The lowest BCUT2D eigenvalue weighted by molar-refractivity contribution is 0.189. The van der Waals surface area contributed by atoms with Crippen LogP contribution in [0.4, 0.5) is 0 Å². The number of rotatable bonds is 4. The molecule has 0 saturated carbocycles. The highest BCUT2D eigenvalue weighted by atomic mass is 15.2. The van der Waals surface area contributed by atoms with Gasteiger partial charge in [-0.15, -0.1) is 0 Å². The highest BCUT2D eigenvalue weighted by Gasteiger charge is 2.27. The molecule has 1 aliphatic rings. The van der Waals surface area contributed by atoms with Gasteiger partial charge < -0.3 is 5.32 Å². The number of hydrogen-bond donors (Lipinski definition) is 1.